The standard InChI is InChI=1S/C19H18F2N4O3/c1-2-12-10-25(19(27)28-12)14-5-4-13(16(20)17(14)21)11-3-6-15(23-9-11)24-8-7-22-18(24)26/h3-6,9,12H,2,7-8,10H2,1H3,(H,22,26)/t12-/m0/s1. The fourth-order valence-corrected chi connectivity index (χ4v) is 3.30. The van der Waals surface area contributed by atoms with E-state index >= 15 is 0 Å². The van der Waals surface area contributed by atoms with E-state index in [1.54, 1.807) is 12.1 Å². The van der Waals surface area contributed by atoms with E-state index in [1.165, 1.54) is 23.2 Å². The van der Waals surface area contributed by atoms with Gasteiger partial charge in [-0.2, -0.15) is 0 Å². The van der Waals surface area contributed by atoms with E-state index in [9.17, 15) is 18.4 Å². The van der Waals surface area contributed by atoms with Crippen molar-refractivity contribution >= 4 is 23.6 Å². The minimum Gasteiger partial charge on any atom is -0.444 e. The van der Waals surface area contributed by atoms with Crippen LogP contribution in [-0.4, -0.2) is 42.8 Å². The first-order valence-corrected chi connectivity index (χ1v) is 8.97. The molecule has 2 aliphatic heterocycles. The molecular formula is C19H18F2N4O3. The van der Waals surface area contributed by atoms with Crippen molar-refractivity contribution in [3.63, 3.8) is 0 Å². The number of hydrogen-bond donors (Lipinski definition) is 1. The van der Waals surface area contributed by atoms with Crippen molar-refractivity contribution in [2.24, 2.45) is 0 Å². The number of hydrogen-bond acceptors (Lipinski definition) is 4. The topological polar surface area (TPSA) is 74.8 Å². The fourth-order valence-electron chi connectivity index (χ4n) is 3.30. The minimum absolute atomic E-state index is 0.0192. The van der Waals surface area contributed by atoms with Gasteiger partial charge in [0.1, 0.15) is 11.9 Å². The van der Waals surface area contributed by atoms with Crippen LogP contribution in [0.15, 0.2) is 30.5 Å². The van der Waals surface area contributed by atoms with E-state index in [-0.39, 0.29) is 29.9 Å². The summed E-state index contributed by atoms with van der Waals surface area (Å²) in [5, 5.41) is 2.67. The quantitative estimate of drug-likeness (QED) is 0.872. The number of benzene rings is 1. The molecule has 1 aromatic heterocycles. The molecule has 4 rings (SSSR count). The first-order chi connectivity index (χ1) is 13.5. The smallest absolute Gasteiger partial charge is 0.414 e. The number of carbonyl (C=O) groups excluding carboxylic acids is 2. The van der Waals surface area contributed by atoms with Crippen LogP contribution in [0, 0.1) is 11.6 Å². The number of cyclic esters (lactones) is 1. The molecule has 3 heterocycles. The van der Waals surface area contributed by atoms with E-state index in [2.05, 4.69) is 10.3 Å². The summed E-state index contributed by atoms with van der Waals surface area (Å²) in [6.45, 7) is 3.05. The fraction of sp³-hybridized carbons (Fsp3) is 0.316. The number of pyridine rings is 1. The first-order valence-electron chi connectivity index (χ1n) is 8.97. The van der Waals surface area contributed by atoms with Crippen LogP contribution in [0.3, 0.4) is 0 Å². The largest absolute Gasteiger partial charge is 0.444 e. The molecule has 1 atom stereocenters. The molecule has 2 aromatic rings. The number of urea groups is 1. The number of halogens is 2. The molecule has 28 heavy (non-hydrogen) atoms. The van der Waals surface area contributed by atoms with Crippen LogP contribution in [0.1, 0.15) is 13.3 Å². The second-order valence-electron chi connectivity index (χ2n) is 6.57. The van der Waals surface area contributed by atoms with Gasteiger partial charge >= 0.3 is 12.1 Å². The highest BCUT2D eigenvalue weighted by molar-refractivity contribution is 5.93. The number of anilines is 2. The lowest BCUT2D eigenvalue weighted by atomic mass is 10.1. The molecule has 2 aliphatic rings. The van der Waals surface area contributed by atoms with Crippen molar-refractivity contribution in [3.8, 4) is 11.1 Å². The van der Waals surface area contributed by atoms with Crippen molar-refractivity contribution in [3.05, 3.63) is 42.1 Å². The predicted molar refractivity (Wildman–Crippen MR) is 98.2 cm³/mol. The first kappa shape index (κ1) is 18.1. The second-order valence-corrected chi connectivity index (χ2v) is 6.57. The van der Waals surface area contributed by atoms with Gasteiger partial charge < -0.3 is 10.1 Å². The van der Waals surface area contributed by atoms with Gasteiger partial charge in [0.05, 0.1) is 12.2 Å². The normalized spacial score (nSPS) is 19.2. The monoisotopic (exact) mass is 388 g/mol. The zero-order valence-corrected chi connectivity index (χ0v) is 15.1. The number of rotatable bonds is 4. The highest BCUT2D eigenvalue weighted by Gasteiger charge is 2.34. The summed E-state index contributed by atoms with van der Waals surface area (Å²) < 4.78 is 34.5. The Morgan fingerprint density at radius 3 is 2.61 bits per heavy atom. The van der Waals surface area contributed by atoms with Gasteiger partial charge in [0, 0.05) is 30.4 Å². The lowest BCUT2D eigenvalue weighted by Crippen LogP contribution is -2.28. The summed E-state index contributed by atoms with van der Waals surface area (Å²) >= 11 is 0. The molecule has 9 heteroatoms. The van der Waals surface area contributed by atoms with E-state index in [4.69, 9.17) is 4.74 Å². The SMILES string of the molecule is CC[C@H]1CN(c2ccc(-c3ccc(N4CCNC4=O)nc3)c(F)c2F)C(=O)O1. The van der Waals surface area contributed by atoms with Crippen LogP contribution in [-0.2, 0) is 4.74 Å². The van der Waals surface area contributed by atoms with Gasteiger partial charge in [0.25, 0.3) is 0 Å². The molecular weight excluding hydrogens is 370 g/mol. The van der Waals surface area contributed by atoms with E-state index in [0.717, 1.165) is 4.90 Å². The van der Waals surface area contributed by atoms with Crippen LogP contribution in [0.25, 0.3) is 11.1 Å². The van der Waals surface area contributed by atoms with Crippen LogP contribution >= 0.6 is 0 Å². The van der Waals surface area contributed by atoms with Crippen LogP contribution < -0.4 is 15.1 Å². The molecule has 0 unspecified atom stereocenters. The maximum absolute atomic E-state index is 14.7. The number of amides is 3. The molecule has 2 fully saturated rings. The van der Waals surface area contributed by atoms with Gasteiger partial charge in [-0.1, -0.05) is 6.92 Å². The van der Waals surface area contributed by atoms with Gasteiger partial charge in [-0.3, -0.25) is 9.80 Å². The zero-order valence-electron chi connectivity index (χ0n) is 15.1. The highest BCUT2D eigenvalue weighted by Crippen LogP contribution is 2.33. The number of nitrogens with one attached hydrogen (secondary N) is 1. The van der Waals surface area contributed by atoms with Gasteiger partial charge in [-0.25, -0.2) is 23.4 Å². The molecule has 0 saturated carbocycles. The van der Waals surface area contributed by atoms with Gasteiger partial charge in [-0.15, -0.1) is 0 Å². The van der Waals surface area contributed by atoms with Crippen molar-refractivity contribution in [2.75, 3.05) is 29.4 Å². The highest BCUT2D eigenvalue weighted by atomic mass is 19.2. The molecule has 1 aromatic carbocycles. The van der Waals surface area contributed by atoms with Gasteiger partial charge in [0.2, 0.25) is 0 Å². The van der Waals surface area contributed by atoms with E-state index in [1.807, 2.05) is 6.92 Å². The molecule has 0 radical (unpaired) electrons. The molecule has 2 saturated heterocycles. The maximum Gasteiger partial charge on any atom is 0.414 e. The summed E-state index contributed by atoms with van der Waals surface area (Å²) in [4.78, 5) is 30.4. The summed E-state index contributed by atoms with van der Waals surface area (Å²) in [6, 6.07) is 5.66. The molecule has 0 bridgehead atoms. The van der Waals surface area contributed by atoms with Crippen LogP contribution in [0.5, 0.6) is 0 Å². The number of carbonyl (C=O) groups is 2. The van der Waals surface area contributed by atoms with Crippen molar-refractivity contribution < 1.29 is 23.1 Å². The molecule has 0 spiro atoms. The predicted octanol–water partition coefficient (Wildman–Crippen LogP) is 3.29. The van der Waals surface area contributed by atoms with Gasteiger partial charge in [0.15, 0.2) is 11.6 Å². The minimum atomic E-state index is -1.12. The molecule has 146 valence electrons. The lowest BCUT2D eigenvalue weighted by Gasteiger charge is -2.16. The summed E-state index contributed by atoms with van der Waals surface area (Å²) in [5.41, 5.74) is 0.230. The maximum atomic E-state index is 14.7. The number of ether oxygens (including phenoxy) is 1. The molecule has 7 nitrogen and oxygen atoms in total. The summed E-state index contributed by atoms with van der Waals surface area (Å²) in [7, 11) is 0. The van der Waals surface area contributed by atoms with Crippen LogP contribution in [0.4, 0.5) is 29.9 Å². The Balaban J connectivity index is 1.62. The van der Waals surface area contributed by atoms with Gasteiger partial charge in [-0.05, 0) is 30.7 Å². The molecule has 0 aliphatic carbocycles. The van der Waals surface area contributed by atoms with Crippen molar-refractivity contribution in [1.82, 2.24) is 10.3 Å². The van der Waals surface area contributed by atoms with E-state index < -0.39 is 17.7 Å². The zero-order chi connectivity index (χ0) is 19.8. The average molecular weight is 388 g/mol. The molecule has 1 N–H and O–H groups in total. The Bertz CT molecular complexity index is 936. The van der Waals surface area contributed by atoms with Crippen molar-refractivity contribution in [1.29, 1.82) is 0 Å². The second kappa shape index (κ2) is 7.06. The Hall–Kier alpha value is -3.23. The average Bonchev–Trinajstić information content (AvgIpc) is 3.29. The number of aromatic nitrogens is 1. The lowest BCUT2D eigenvalue weighted by molar-refractivity contribution is 0.139. The Morgan fingerprint density at radius 1 is 1.18 bits per heavy atom. The Morgan fingerprint density at radius 2 is 2.00 bits per heavy atom. The Labute approximate surface area is 159 Å². The van der Waals surface area contributed by atoms with E-state index in [0.29, 0.717) is 30.9 Å². The third-order valence-corrected chi connectivity index (χ3v) is 4.87. The Kier molecular flexibility index (Phi) is 4.58. The number of nitrogens with zero attached hydrogens (tertiary/aromatic N) is 3. The van der Waals surface area contributed by atoms with Crippen molar-refractivity contribution in [2.45, 2.75) is 19.4 Å². The summed E-state index contributed by atoms with van der Waals surface area (Å²) in [5.74, 6) is -1.76. The third kappa shape index (κ3) is 3.02. The van der Waals surface area contributed by atoms with Crippen LogP contribution in [0.2, 0.25) is 0 Å². The molecule has 3 amide bonds. The summed E-state index contributed by atoms with van der Waals surface area (Å²) in [6.07, 6.45) is 0.953. The third-order valence-electron chi connectivity index (χ3n) is 4.87.